The lowest BCUT2D eigenvalue weighted by Crippen LogP contribution is -2.54. The molecule has 0 bridgehead atoms. The standard InChI is InChI=1S/C26H29FN6O5S/c1-5-15(13(2)3)19(34)9-20(28-4)30-24(36)14-10-32(11-14)23-18(27)8-16-21(35)17(25(37)38)12-33(22(16)31-23)26-29-6-7-39-26/h6-9,12-15,28H,5,10-11H2,1-4H3,(H,30,36)(H,37,38). The van der Waals surface area contributed by atoms with E-state index in [0.717, 1.165) is 12.3 Å². The maximum atomic E-state index is 15.1. The fourth-order valence-corrected chi connectivity index (χ4v) is 5.16. The van der Waals surface area contributed by atoms with Gasteiger partial charge in [-0.15, -0.1) is 11.3 Å². The van der Waals surface area contributed by atoms with Gasteiger partial charge in [0.25, 0.3) is 0 Å². The Morgan fingerprint density at radius 1 is 1.31 bits per heavy atom. The van der Waals surface area contributed by atoms with E-state index in [9.17, 15) is 24.3 Å². The molecule has 4 rings (SSSR count). The number of carbonyl (C=O) groups excluding carboxylic acids is 2. The predicted molar refractivity (Wildman–Crippen MR) is 145 cm³/mol. The molecule has 4 heterocycles. The summed E-state index contributed by atoms with van der Waals surface area (Å²) in [5, 5.41) is 16.9. The molecule has 13 heteroatoms. The molecule has 1 unspecified atom stereocenters. The average Bonchev–Trinajstić information content (AvgIpc) is 3.38. The first kappa shape index (κ1) is 27.9. The van der Waals surface area contributed by atoms with E-state index in [2.05, 4.69) is 20.6 Å². The zero-order chi connectivity index (χ0) is 28.4. The molecule has 0 saturated carbocycles. The van der Waals surface area contributed by atoms with Gasteiger partial charge in [-0.05, 0) is 18.4 Å². The summed E-state index contributed by atoms with van der Waals surface area (Å²) in [5.74, 6) is -2.92. The summed E-state index contributed by atoms with van der Waals surface area (Å²) < 4.78 is 16.5. The number of anilines is 1. The number of hydrogen-bond donors (Lipinski definition) is 3. The lowest BCUT2D eigenvalue weighted by Gasteiger charge is -2.39. The molecule has 0 spiro atoms. The second kappa shape index (κ2) is 11.3. The topological polar surface area (TPSA) is 147 Å². The van der Waals surface area contributed by atoms with Gasteiger partial charge in [0.05, 0.1) is 11.3 Å². The molecule has 39 heavy (non-hydrogen) atoms. The van der Waals surface area contributed by atoms with Crippen LogP contribution >= 0.6 is 11.3 Å². The number of rotatable bonds is 10. The van der Waals surface area contributed by atoms with Gasteiger partial charge in [-0.25, -0.2) is 19.2 Å². The van der Waals surface area contributed by atoms with E-state index in [-0.39, 0.29) is 53.5 Å². The van der Waals surface area contributed by atoms with Gasteiger partial charge in [0.2, 0.25) is 11.3 Å². The molecule has 3 N–H and O–H groups in total. The van der Waals surface area contributed by atoms with E-state index in [1.165, 1.54) is 28.2 Å². The molecule has 1 amide bonds. The van der Waals surface area contributed by atoms with Crippen LogP contribution in [0.3, 0.4) is 0 Å². The summed E-state index contributed by atoms with van der Waals surface area (Å²) in [6.45, 7) is 6.21. The third-order valence-corrected chi connectivity index (χ3v) is 7.52. The van der Waals surface area contributed by atoms with Crippen molar-refractivity contribution in [2.45, 2.75) is 27.2 Å². The van der Waals surface area contributed by atoms with Gasteiger partial charge in [0.15, 0.2) is 28.2 Å². The SMILES string of the molecule is CCC(C(=O)C=C(NC)NC(=O)C1CN(c2nc3c(cc2F)c(=O)c(C(=O)O)cn3-c2nccs2)C1)C(C)C. The molecular formula is C26H29FN6O5S. The van der Waals surface area contributed by atoms with Crippen LogP contribution in [0.25, 0.3) is 16.2 Å². The summed E-state index contributed by atoms with van der Waals surface area (Å²) in [6.07, 6.45) is 4.73. The summed E-state index contributed by atoms with van der Waals surface area (Å²) in [4.78, 5) is 59.9. The van der Waals surface area contributed by atoms with Gasteiger partial charge < -0.3 is 20.6 Å². The van der Waals surface area contributed by atoms with Crippen molar-refractivity contribution in [2.24, 2.45) is 17.8 Å². The van der Waals surface area contributed by atoms with Gasteiger partial charge in [0.1, 0.15) is 11.4 Å². The molecule has 1 aliphatic rings. The molecule has 206 valence electrons. The molecule has 1 atom stereocenters. The number of carboxylic acid groups (broad SMARTS) is 1. The van der Waals surface area contributed by atoms with Gasteiger partial charge in [-0.1, -0.05) is 20.8 Å². The van der Waals surface area contributed by atoms with Crippen molar-refractivity contribution in [1.82, 2.24) is 25.2 Å². The third kappa shape index (κ3) is 5.53. The molecule has 1 aliphatic heterocycles. The molecule has 0 radical (unpaired) electrons. The molecule has 0 aliphatic carbocycles. The second-order valence-electron chi connectivity index (χ2n) is 9.59. The highest BCUT2D eigenvalue weighted by atomic mass is 32.1. The minimum atomic E-state index is -1.45. The van der Waals surface area contributed by atoms with Crippen LogP contribution in [-0.4, -0.2) is 57.4 Å². The van der Waals surface area contributed by atoms with E-state index >= 15 is 4.39 Å². The van der Waals surface area contributed by atoms with Crippen LogP contribution in [0.1, 0.15) is 37.6 Å². The number of hydrogen-bond acceptors (Lipinski definition) is 9. The van der Waals surface area contributed by atoms with Gasteiger partial charge in [-0.2, -0.15) is 0 Å². The van der Waals surface area contributed by atoms with E-state index in [1.807, 2.05) is 20.8 Å². The van der Waals surface area contributed by atoms with Gasteiger partial charge in [-0.3, -0.25) is 19.0 Å². The summed E-state index contributed by atoms with van der Waals surface area (Å²) in [7, 11) is 1.61. The Balaban J connectivity index is 1.56. The quantitative estimate of drug-likeness (QED) is 0.321. The van der Waals surface area contributed by atoms with Crippen molar-refractivity contribution in [2.75, 3.05) is 25.0 Å². The Labute approximate surface area is 227 Å². The Morgan fingerprint density at radius 2 is 2.03 bits per heavy atom. The Bertz CT molecular complexity index is 1510. The van der Waals surface area contributed by atoms with E-state index in [1.54, 1.807) is 17.3 Å². The number of fused-ring (bicyclic) bond motifs is 1. The number of ketones is 1. The number of halogens is 1. The molecule has 1 saturated heterocycles. The van der Waals surface area contributed by atoms with Crippen LogP contribution < -0.4 is 21.0 Å². The Morgan fingerprint density at radius 3 is 2.59 bits per heavy atom. The number of thiazole rings is 1. The molecular weight excluding hydrogens is 527 g/mol. The van der Waals surface area contributed by atoms with E-state index in [0.29, 0.717) is 17.4 Å². The van der Waals surface area contributed by atoms with E-state index in [4.69, 9.17) is 0 Å². The highest BCUT2D eigenvalue weighted by Gasteiger charge is 2.36. The highest BCUT2D eigenvalue weighted by molar-refractivity contribution is 7.12. The number of allylic oxidation sites excluding steroid dienone is 1. The normalized spacial score (nSPS) is 14.8. The first-order chi connectivity index (χ1) is 18.5. The lowest BCUT2D eigenvalue weighted by molar-refractivity contribution is -0.125. The van der Waals surface area contributed by atoms with Crippen molar-refractivity contribution >= 4 is 45.8 Å². The average molecular weight is 557 g/mol. The first-order valence-electron chi connectivity index (χ1n) is 12.4. The summed E-state index contributed by atoms with van der Waals surface area (Å²) in [5.41, 5.74) is -1.33. The van der Waals surface area contributed by atoms with Crippen LogP contribution in [0.15, 0.2) is 40.5 Å². The van der Waals surface area contributed by atoms with Crippen molar-refractivity contribution in [3.8, 4) is 5.13 Å². The number of aromatic nitrogens is 3. The highest BCUT2D eigenvalue weighted by Crippen LogP contribution is 2.29. The maximum absolute atomic E-state index is 15.1. The maximum Gasteiger partial charge on any atom is 0.341 e. The van der Waals surface area contributed by atoms with Gasteiger partial charge in [0, 0.05) is 49.9 Å². The monoisotopic (exact) mass is 556 g/mol. The zero-order valence-electron chi connectivity index (χ0n) is 21.9. The van der Waals surface area contributed by atoms with Crippen molar-refractivity contribution < 1.29 is 23.9 Å². The number of pyridine rings is 2. The molecule has 0 aromatic carbocycles. The second-order valence-corrected chi connectivity index (χ2v) is 10.5. The molecule has 1 fully saturated rings. The fourth-order valence-electron chi connectivity index (χ4n) is 4.54. The molecule has 11 nitrogen and oxygen atoms in total. The van der Waals surface area contributed by atoms with Crippen LogP contribution in [0.4, 0.5) is 10.2 Å². The number of aromatic carboxylic acids is 1. The Hall–Kier alpha value is -4.13. The minimum Gasteiger partial charge on any atom is -0.477 e. The van der Waals surface area contributed by atoms with Crippen LogP contribution in [0.2, 0.25) is 0 Å². The smallest absolute Gasteiger partial charge is 0.341 e. The Kier molecular flexibility index (Phi) is 8.09. The van der Waals surface area contributed by atoms with Gasteiger partial charge >= 0.3 is 5.97 Å². The van der Waals surface area contributed by atoms with E-state index < -0.39 is 28.7 Å². The largest absolute Gasteiger partial charge is 0.477 e. The summed E-state index contributed by atoms with van der Waals surface area (Å²) >= 11 is 1.20. The number of carboxylic acids is 1. The third-order valence-electron chi connectivity index (χ3n) is 6.74. The minimum absolute atomic E-state index is 0.0544. The van der Waals surface area contributed by atoms with Crippen LogP contribution in [0.5, 0.6) is 0 Å². The van der Waals surface area contributed by atoms with Crippen LogP contribution in [0, 0.1) is 23.6 Å². The number of nitrogens with one attached hydrogen (secondary N) is 2. The molecule has 3 aromatic heterocycles. The zero-order valence-corrected chi connectivity index (χ0v) is 22.7. The predicted octanol–water partition coefficient (Wildman–Crippen LogP) is 2.54. The number of amides is 1. The van der Waals surface area contributed by atoms with Crippen molar-refractivity contribution in [3.63, 3.8) is 0 Å². The number of carbonyl (C=O) groups is 3. The number of nitrogens with zero attached hydrogens (tertiary/aromatic N) is 4. The van der Waals surface area contributed by atoms with Crippen LogP contribution in [-0.2, 0) is 9.59 Å². The molecule has 3 aromatic rings. The fraction of sp³-hybridized carbons (Fsp3) is 0.385. The first-order valence-corrected chi connectivity index (χ1v) is 13.3. The van der Waals surface area contributed by atoms with Crippen molar-refractivity contribution in [3.05, 3.63) is 57.3 Å². The van der Waals surface area contributed by atoms with Crippen molar-refractivity contribution in [1.29, 1.82) is 0 Å². The summed E-state index contributed by atoms with van der Waals surface area (Å²) in [6, 6.07) is 0.969. The lowest BCUT2D eigenvalue weighted by atomic mass is 9.89.